The van der Waals surface area contributed by atoms with Gasteiger partial charge >= 0.3 is 0 Å². The van der Waals surface area contributed by atoms with Crippen LogP contribution < -0.4 is 14.8 Å². The number of piperidine rings is 1. The Balaban J connectivity index is 1.69. The highest BCUT2D eigenvalue weighted by atomic mass is 32.2. The number of hydrogen-bond donors (Lipinski definition) is 2. The van der Waals surface area contributed by atoms with Crippen LogP contribution in [-0.2, 0) is 15.4 Å². The number of ether oxygens (including phenoxy) is 1. The zero-order valence-electron chi connectivity index (χ0n) is 17.4. The van der Waals surface area contributed by atoms with Crippen molar-refractivity contribution in [2.45, 2.75) is 56.0 Å². The van der Waals surface area contributed by atoms with Gasteiger partial charge < -0.3 is 15.0 Å². The van der Waals surface area contributed by atoms with E-state index in [9.17, 15) is 8.42 Å². The summed E-state index contributed by atoms with van der Waals surface area (Å²) in [6.07, 6.45) is 7.72. The lowest BCUT2D eigenvalue weighted by Crippen LogP contribution is -2.50. The number of rotatable bonds is 7. The van der Waals surface area contributed by atoms with Gasteiger partial charge in [0.25, 0.3) is 0 Å². The molecule has 0 spiro atoms. The monoisotopic (exact) mass is 409 g/mol. The number of benzene rings is 1. The molecule has 0 aromatic heterocycles. The van der Waals surface area contributed by atoms with Crippen LogP contribution in [0.1, 0.15) is 44.1 Å². The number of nitrogens with one attached hydrogen (secondary N) is 2. The molecule has 1 aliphatic carbocycles. The molecule has 1 heterocycles. The lowest BCUT2D eigenvalue weighted by molar-refractivity contribution is 0.191. The molecule has 2 N–H and O–H groups in total. The third kappa shape index (κ3) is 5.69. The molecule has 0 atom stereocenters. The number of sulfonamides is 1. The van der Waals surface area contributed by atoms with Crippen molar-refractivity contribution in [1.29, 1.82) is 0 Å². The number of nitrogens with zero attached hydrogens (tertiary/aromatic N) is 1. The first-order valence-corrected chi connectivity index (χ1v) is 12.2. The normalized spacial score (nSPS) is 27.6. The fourth-order valence-corrected chi connectivity index (χ4v) is 5.17. The summed E-state index contributed by atoms with van der Waals surface area (Å²) >= 11 is 0. The second kappa shape index (κ2) is 9.11. The first-order chi connectivity index (χ1) is 13.3. The van der Waals surface area contributed by atoms with Crippen LogP contribution in [0.3, 0.4) is 0 Å². The molecule has 1 saturated heterocycles. The highest BCUT2D eigenvalue weighted by molar-refractivity contribution is 7.88. The summed E-state index contributed by atoms with van der Waals surface area (Å²) in [5.74, 6) is 0.822. The molecule has 1 aromatic carbocycles. The molecule has 0 amide bonds. The highest BCUT2D eigenvalue weighted by Crippen LogP contribution is 2.40. The van der Waals surface area contributed by atoms with E-state index in [4.69, 9.17) is 4.74 Å². The highest BCUT2D eigenvalue weighted by Gasteiger charge is 2.38. The van der Waals surface area contributed by atoms with Crippen molar-refractivity contribution in [3.05, 3.63) is 29.8 Å². The minimum absolute atomic E-state index is 0.178. The minimum Gasteiger partial charge on any atom is -0.497 e. The number of hydrogen-bond acceptors (Lipinski definition) is 5. The third-order valence-corrected chi connectivity index (χ3v) is 7.16. The lowest BCUT2D eigenvalue weighted by atomic mass is 9.68. The fraction of sp³-hybridized carbons (Fsp3) is 0.714. The number of methoxy groups -OCH3 is 1. The minimum atomic E-state index is -3.23. The van der Waals surface area contributed by atoms with E-state index >= 15 is 0 Å². The Labute approximate surface area is 170 Å². The van der Waals surface area contributed by atoms with E-state index in [1.807, 2.05) is 12.1 Å². The summed E-state index contributed by atoms with van der Waals surface area (Å²) < 4.78 is 31.7. The Morgan fingerprint density at radius 2 is 1.79 bits per heavy atom. The maximum absolute atomic E-state index is 11.8. The average Bonchev–Trinajstić information content (AvgIpc) is 2.69. The van der Waals surface area contributed by atoms with Crippen molar-refractivity contribution in [3.8, 4) is 5.75 Å². The molecule has 0 bridgehead atoms. The van der Waals surface area contributed by atoms with Crippen molar-refractivity contribution < 1.29 is 13.2 Å². The zero-order valence-corrected chi connectivity index (χ0v) is 18.2. The van der Waals surface area contributed by atoms with E-state index in [-0.39, 0.29) is 5.41 Å². The van der Waals surface area contributed by atoms with Crippen LogP contribution in [0.25, 0.3) is 0 Å². The van der Waals surface area contributed by atoms with Gasteiger partial charge in [0, 0.05) is 24.0 Å². The molecular formula is C21H35N3O3S. The number of likely N-dealkylation sites (tertiary alicyclic amines) is 1. The molecule has 7 heteroatoms. The van der Waals surface area contributed by atoms with Crippen LogP contribution in [0, 0.1) is 0 Å². The summed E-state index contributed by atoms with van der Waals surface area (Å²) in [5.41, 5.74) is 0.989. The van der Waals surface area contributed by atoms with Gasteiger partial charge in [0.1, 0.15) is 5.75 Å². The summed E-state index contributed by atoms with van der Waals surface area (Å²) in [6, 6.07) is 9.24. The van der Waals surface area contributed by atoms with Gasteiger partial charge in [-0.3, -0.25) is 0 Å². The van der Waals surface area contributed by atoms with Crippen LogP contribution in [0.15, 0.2) is 24.3 Å². The molecule has 28 heavy (non-hydrogen) atoms. The molecule has 2 aliphatic rings. The van der Waals surface area contributed by atoms with Gasteiger partial charge in [0.05, 0.1) is 13.4 Å². The molecule has 1 aromatic rings. The van der Waals surface area contributed by atoms with Gasteiger partial charge in [-0.2, -0.15) is 0 Å². The maximum atomic E-state index is 11.8. The van der Waals surface area contributed by atoms with Crippen molar-refractivity contribution in [1.82, 2.24) is 14.9 Å². The first-order valence-electron chi connectivity index (χ1n) is 10.3. The van der Waals surface area contributed by atoms with Gasteiger partial charge in [-0.1, -0.05) is 12.1 Å². The molecule has 2 fully saturated rings. The molecule has 158 valence electrons. The summed E-state index contributed by atoms with van der Waals surface area (Å²) in [5, 5.41) is 3.87. The van der Waals surface area contributed by atoms with E-state index in [0.717, 1.165) is 44.5 Å². The predicted octanol–water partition coefficient (Wildman–Crippen LogP) is 2.11. The van der Waals surface area contributed by atoms with E-state index in [2.05, 4.69) is 34.1 Å². The Morgan fingerprint density at radius 1 is 1.14 bits per heavy atom. The van der Waals surface area contributed by atoms with Crippen LogP contribution in [0.2, 0.25) is 0 Å². The molecule has 0 unspecified atom stereocenters. The second-order valence-corrected chi connectivity index (χ2v) is 10.5. The van der Waals surface area contributed by atoms with Crippen LogP contribution in [-0.4, -0.2) is 65.4 Å². The van der Waals surface area contributed by atoms with E-state index < -0.39 is 10.0 Å². The predicted molar refractivity (Wildman–Crippen MR) is 113 cm³/mol. The first kappa shape index (κ1) is 21.6. The quantitative estimate of drug-likeness (QED) is 0.722. The SMILES string of the molecule is COc1cccc([C@]2(CNS(C)(=O)=O)CC[C@@H](NC3CCN(C)CC3)CC2)c1. The molecule has 0 radical (unpaired) electrons. The van der Waals surface area contributed by atoms with Crippen molar-refractivity contribution in [2.75, 3.05) is 40.0 Å². The average molecular weight is 410 g/mol. The Bertz CT molecular complexity index is 737. The summed E-state index contributed by atoms with van der Waals surface area (Å²) in [4.78, 5) is 2.39. The Morgan fingerprint density at radius 3 is 2.39 bits per heavy atom. The van der Waals surface area contributed by atoms with Crippen LogP contribution in [0.4, 0.5) is 0 Å². The smallest absolute Gasteiger partial charge is 0.208 e. The zero-order chi connectivity index (χ0) is 20.2. The fourth-order valence-electron chi connectivity index (χ4n) is 4.64. The van der Waals surface area contributed by atoms with Crippen molar-refractivity contribution in [2.24, 2.45) is 0 Å². The van der Waals surface area contributed by atoms with Crippen molar-refractivity contribution >= 4 is 10.0 Å². The lowest BCUT2D eigenvalue weighted by Gasteiger charge is -2.42. The summed E-state index contributed by atoms with van der Waals surface area (Å²) in [6.45, 7) is 2.77. The summed E-state index contributed by atoms with van der Waals surface area (Å²) in [7, 11) is 0.630. The van der Waals surface area contributed by atoms with Gasteiger partial charge in [-0.05, 0) is 76.4 Å². The molecular weight excluding hydrogens is 374 g/mol. The Hall–Kier alpha value is -1.15. The van der Waals surface area contributed by atoms with Gasteiger partial charge in [-0.15, -0.1) is 0 Å². The van der Waals surface area contributed by atoms with Crippen molar-refractivity contribution in [3.63, 3.8) is 0 Å². The molecule has 1 aliphatic heterocycles. The second-order valence-electron chi connectivity index (χ2n) is 8.62. The maximum Gasteiger partial charge on any atom is 0.208 e. The van der Waals surface area contributed by atoms with Crippen LogP contribution >= 0.6 is 0 Å². The molecule has 6 nitrogen and oxygen atoms in total. The molecule has 1 saturated carbocycles. The van der Waals surface area contributed by atoms with E-state index in [1.54, 1.807) is 7.11 Å². The van der Waals surface area contributed by atoms with Gasteiger partial charge in [-0.25, -0.2) is 13.1 Å². The van der Waals surface area contributed by atoms with Crippen LogP contribution in [0.5, 0.6) is 5.75 Å². The Kier molecular flexibility index (Phi) is 7.02. The van der Waals surface area contributed by atoms with E-state index in [1.165, 1.54) is 24.7 Å². The largest absolute Gasteiger partial charge is 0.497 e. The van der Waals surface area contributed by atoms with E-state index in [0.29, 0.717) is 18.6 Å². The van der Waals surface area contributed by atoms with Gasteiger partial charge in [0.15, 0.2) is 0 Å². The van der Waals surface area contributed by atoms with Gasteiger partial charge in [0.2, 0.25) is 10.0 Å². The molecule has 3 rings (SSSR count). The third-order valence-electron chi connectivity index (χ3n) is 6.49. The standard InChI is InChI=1S/C21H35N3O3S/c1-24-13-9-19(10-14-24)23-18-7-11-21(12-8-18,16-22-28(3,25)26)17-5-4-6-20(15-17)27-2/h4-6,15,18-19,22-23H,7-14,16H2,1-3H3/t18-,21-. The topological polar surface area (TPSA) is 70.7 Å².